The van der Waals surface area contributed by atoms with E-state index in [0.717, 1.165) is 0 Å². The number of hydrogen-bond acceptors (Lipinski definition) is 4. The highest BCUT2D eigenvalue weighted by Crippen LogP contribution is 2.34. The molecule has 0 bridgehead atoms. The largest absolute Gasteiger partial charge is 0.493 e. The molecule has 1 aromatic rings. The molecule has 0 saturated heterocycles. The van der Waals surface area contributed by atoms with Crippen molar-refractivity contribution in [1.82, 2.24) is 0 Å². The molecule has 100 valence electrons. The van der Waals surface area contributed by atoms with E-state index >= 15 is 0 Å². The predicted molar refractivity (Wildman–Crippen MR) is 63.0 cm³/mol. The maximum Gasteiger partial charge on any atom is 0.387 e. The van der Waals surface area contributed by atoms with Crippen LogP contribution in [0.25, 0.3) is 0 Å². The third-order valence-electron chi connectivity index (χ3n) is 2.11. The van der Waals surface area contributed by atoms with E-state index in [1.54, 1.807) is 0 Å². The minimum absolute atomic E-state index is 0.0549. The van der Waals surface area contributed by atoms with Crippen LogP contribution in [0, 0.1) is 0 Å². The van der Waals surface area contributed by atoms with Crippen LogP contribution in [0.15, 0.2) is 16.6 Å². The normalized spacial score (nSPS) is 10.3. The molecule has 1 rings (SSSR count). The van der Waals surface area contributed by atoms with E-state index in [1.807, 2.05) is 0 Å². The molecule has 0 unspecified atom stereocenters. The van der Waals surface area contributed by atoms with Gasteiger partial charge in [-0.25, -0.2) is 0 Å². The second-order valence-corrected chi connectivity index (χ2v) is 4.08. The number of rotatable bonds is 5. The second kappa shape index (κ2) is 6.53. The van der Waals surface area contributed by atoms with Gasteiger partial charge in [-0.2, -0.15) is 8.78 Å². The summed E-state index contributed by atoms with van der Waals surface area (Å²) in [6, 6.07) is 2.77. The van der Waals surface area contributed by atoms with Gasteiger partial charge in [0.1, 0.15) is 0 Å². The van der Waals surface area contributed by atoms with Gasteiger partial charge in [0.05, 0.1) is 20.6 Å². The smallest absolute Gasteiger partial charge is 0.387 e. The van der Waals surface area contributed by atoms with Gasteiger partial charge in [0.15, 0.2) is 11.5 Å². The fourth-order valence-electron chi connectivity index (χ4n) is 1.29. The molecule has 0 spiro atoms. The molecule has 7 heteroatoms. The molecule has 0 aliphatic rings. The zero-order chi connectivity index (χ0) is 13.7. The molecule has 0 saturated carbocycles. The van der Waals surface area contributed by atoms with E-state index in [2.05, 4.69) is 25.4 Å². The van der Waals surface area contributed by atoms with Crippen molar-refractivity contribution in [2.45, 2.75) is 13.0 Å². The zero-order valence-corrected chi connectivity index (χ0v) is 11.3. The van der Waals surface area contributed by atoms with Crippen LogP contribution in [-0.4, -0.2) is 26.8 Å². The number of esters is 1. The van der Waals surface area contributed by atoms with Crippen molar-refractivity contribution in [3.8, 4) is 11.5 Å². The van der Waals surface area contributed by atoms with E-state index < -0.39 is 12.6 Å². The van der Waals surface area contributed by atoms with Crippen LogP contribution in [-0.2, 0) is 16.0 Å². The number of ether oxygens (including phenoxy) is 3. The van der Waals surface area contributed by atoms with Gasteiger partial charge < -0.3 is 14.2 Å². The number of benzene rings is 1. The molecule has 0 aliphatic heterocycles. The average Bonchev–Trinajstić information content (AvgIpc) is 2.32. The van der Waals surface area contributed by atoms with Gasteiger partial charge in [0, 0.05) is 4.47 Å². The van der Waals surface area contributed by atoms with E-state index in [0.29, 0.717) is 10.0 Å². The zero-order valence-electron chi connectivity index (χ0n) is 9.71. The highest BCUT2D eigenvalue weighted by Gasteiger charge is 2.16. The van der Waals surface area contributed by atoms with Gasteiger partial charge in [-0.3, -0.25) is 4.79 Å². The summed E-state index contributed by atoms with van der Waals surface area (Å²) in [6.07, 6.45) is -0.0549. The quantitative estimate of drug-likeness (QED) is 0.781. The Morgan fingerprint density at radius 2 is 2.00 bits per heavy atom. The van der Waals surface area contributed by atoms with Gasteiger partial charge in [-0.15, -0.1) is 0 Å². The van der Waals surface area contributed by atoms with Crippen molar-refractivity contribution < 1.29 is 27.8 Å². The van der Waals surface area contributed by atoms with Gasteiger partial charge >= 0.3 is 12.6 Å². The highest BCUT2D eigenvalue weighted by atomic mass is 79.9. The summed E-state index contributed by atoms with van der Waals surface area (Å²) >= 11 is 3.22. The van der Waals surface area contributed by atoms with Crippen LogP contribution in [0.3, 0.4) is 0 Å². The molecule has 0 atom stereocenters. The first-order valence-corrected chi connectivity index (χ1v) is 5.65. The van der Waals surface area contributed by atoms with Crippen LogP contribution in [0.5, 0.6) is 11.5 Å². The molecule has 0 amide bonds. The lowest BCUT2D eigenvalue weighted by Gasteiger charge is -2.12. The minimum Gasteiger partial charge on any atom is -0.493 e. The topological polar surface area (TPSA) is 44.8 Å². The number of alkyl halides is 2. The first-order chi connectivity index (χ1) is 8.47. The monoisotopic (exact) mass is 324 g/mol. The first-order valence-electron chi connectivity index (χ1n) is 4.86. The molecule has 1 aromatic carbocycles. The van der Waals surface area contributed by atoms with Gasteiger partial charge in [0.2, 0.25) is 0 Å². The van der Waals surface area contributed by atoms with Crippen molar-refractivity contribution in [2.24, 2.45) is 0 Å². The molecule has 0 N–H and O–H groups in total. The lowest BCUT2D eigenvalue weighted by molar-refractivity contribution is -0.139. The predicted octanol–water partition coefficient (Wildman–Crippen LogP) is 2.77. The Balaban J connectivity index is 3.08. The summed E-state index contributed by atoms with van der Waals surface area (Å²) in [5.41, 5.74) is 0.471. The number of hydrogen-bond donors (Lipinski definition) is 0. The minimum atomic E-state index is -2.97. The Labute approximate surface area is 111 Å². The van der Waals surface area contributed by atoms with Crippen LogP contribution in [0.1, 0.15) is 5.56 Å². The Hall–Kier alpha value is -1.37. The van der Waals surface area contributed by atoms with Crippen molar-refractivity contribution in [3.05, 3.63) is 22.2 Å². The van der Waals surface area contributed by atoms with E-state index in [4.69, 9.17) is 4.74 Å². The average molecular weight is 325 g/mol. The van der Waals surface area contributed by atoms with Crippen LogP contribution < -0.4 is 9.47 Å². The van der Waals surface area contributed by atoms with Crippen molar-refractivity contribution in [3.63, 3.8) is 0 Å². The molecule has 0 fully saturated rings. The molecule has 0 heterocycles. The lowest BCUT2D eigenvalue weighted by Crippen LogP contribution is -2.08. The molecule has 4 nitrogen and oxygen atoms in total. The molecule has 18 heavy (non-hydrogen) atoms. The number of carbonyl (C=O) groups excluding carboxylic acids is 1. The van der Waals surface area contributed by atoms with Crippen molar-refractivity contribution in [1.29, 1.82) is 0 Å². The third-order valence-corrected chi connectivity index (χ3v) is 2.85. The van der Waals surface area contributed by atoms with Crippen molar-refractivity contribution in [2.75, 3.05) is 14.2 Å². The molecule has 0 radical (unpaired) electrons. The summed E-state index contributed by atoms with van der Waals surface area (Å²) in [4.78, 5) is 11.2. The van der Waals surface area contributed by atoms with Gasteiger partial charge in [-0.05, 0) is 17.7 Å². The van der Waals surface area contributed by atoms with E-state index in [-0.39, 0.29) is 17.9 Å². The summed E-state index contributed by atoms with van der Waals surface area (Å²) in [5.74, 6) is -0.464. The van der Waals surface area contributed by atoms with Crippen LogP contribution in [0.2, 0.25) is 0 Å². The Bertz CT molecular complexity index is 437. The Morgan fingerprint density at radius 1 is 1.33 bits per heavy atom. The number of methoxy groups -OCH3 is 2. The first kappa shape index (κ1) is 14.7. The third kappa shape index (κ3) is 3.83. The van der Waals surface area contributed by atoms with Crippen molar-refractivity contribution >= 4 is 21.9 Å². The summed E-state index contributed by atoms with van der Waals surface area (Å²) in [5, 5.41) is 0. The van der Waals surface area contributed by atoms with Crippen LogP contribution >= 0.6 is 15.9 Å². The summed E-state index contributed by atoms with van der Waals surface area (Å²) in [7, 11) is 2.58. The van der Waals surface area contributed by atoms with E-state index in [1.165, 1.54) is 26.4 Å². The highest BCUT2D eigenvalue weighted by molar-refractivity contribution is 9.10. The van der Waals surface area contributed by atoms with Gasteiger partial charge in [-0.1, -0.05) is 15.9 Å². The maximum absolute atomic E-state index is 12.2. The number of carbonyl (C=O) groups is 1. The Morgan fingerprint density at radius 3 is 2.50 bits per heavy atom. The molecule has 0 aromatic heterocycles. The SMILES string of the molecule is COC(=O)Cc1cc(OC(F)F)c(OC)cc1Br. The summed E-state index contributed by atoms with van der Waals surface area (Å²) < 4.78 is 38.7. The maximum atomic E-state index is 12.2. The molecule has 0 aliphatic carbocycles. The standard InChI is InChI=1S/C11H11BrF2O4/c1-16-8-5-7(12)6(4-10(15)17-2)3-9(8)18-11(13)14/h3,5,11H,4H2,1-2H3. The van der Waals surface area contributed by atoms with Crippen LogP contribution in [0.4, 0.5) is 8.78 Å². The fraction of sp³-hybridized carbons (Fsp3) is 0.364. The van der Waals surface area contributed by atoms with E-state index in [9.17, 15) is 13.6 Å². The van der Waals surface area contributed by atoms with Gasteiger partial charge in [0.25, 0.3) is 0 Å². The second-order valence-electron chi connectivity index (χ2n) is 3.23. The Kier molecular flexibility index (Phi) is 5.33. The molecular weight excluding hydrogens is 314 g/mol. The fourth-order valence-corrected chi connectivity index (χ4v) is 1.75. The summed E-state index contributed by atoms with van der Waals surface area (Å²) in [6.45, 7) is -2.97. The number of halogens is 3. The lowest BCUT2D eigenvalue weighted by atomic mass is 10.1. The molecular formula is C11H11BrF2O4.